The van der Waals surface area contributed by atoms with Gasteiger partial charge in [0.25, 0.3) is 0 Å². The second-order valence-corrected chi connectivity index (χ2v) is 5.00. The number of benzene rings is 1. The summed E-state index contributed by atoms with van der Waals surface area (Å²) in [5, 5.41) is 20.8. The molecule has 112 valence electrons. The molecule has 1 aromatic carbocycles. The molecule has 0 aliphatic heterocycles. The van der Waals surface area contributed by atoms with Crippen LogP contribution >= 0.6 is 0 Å². The first-order valence-corrected chi connectivity index (χ1v) is 6.43. The number of alkyl halides is 3. The van der Waals surface area contributed by atoms with Crippen LogP contribution in [0.1, 0.15) is 30.4 Å². The molecule has 7 heteroatoms. The van der Waals surface area contributed by atoms with Crippen molar-refractivity contribution in [3.05, 3.63) is 29.3 Å². The SMILES string of the molecule is N#Cc1cc(NC2CCCC2C(=O)O)ccc1C(F)(F)F. The van der Waals surface area contributed by atoms with Gasteiger partial charge in [-0.05, 0) is 31.0 Å². The van der Waals surface area contributed by atoms with E-state index in [9.17, 15) is 18.0 Å². The molecule has 2 unspecified atom stereocenters. The predicted molar refractivity (Wildman–Crippen MR) is 68.5 cm³/mol. The van der Waals surface area contributed by atoms with E-state index in [2.05, 4.69) is 5.32 Å². The van der Waals surface area contributed by atoms with Crippen LogP contribution in [-0.4, -0.2) is 17.1 Å². The monoisotopic (exact) mass is 298 g/mol. The van der Waals surface area contributed by atoms with Gasteiger partial charge in [0, 0.05) is 11.7 Å². The standard InChI is InChI=1S/C14H13F3N2O2/c15-14(16,17)11-5-4-9(6-8(11)7-18)19-12-3-1-2-10(12)13(20)21/h4-6,10,12,19H,1-3H2,(H,20,21). The number of hydrogen-bond acceptors (Lipinski definition) is 3. The average molecular weight is 298 g/mol. The summed E-state index contributed by atoms with van der Waals surface area (Å²) in [6, 6.07) is 4.37. The zero-order valence-corrected chi connectivity index (χ0v) is 10.9. The molecule has 0 radical (unpaired) electrons. The highest BCUT2D eigenvalue weighted by atomic mass is 19.4. The number of carboxylic acids is 1. The molecule has 4 nitrogen and oxygen atoms in total. The number of nitrogens with one attached hydrogen (secondary N) is 1. The van der Waals surface area contributed by atoms with Crippen molar-refractivity contribution in [3.8, 4) is 6.07 Å². The van der Waals surface area contributed by atoms with Crippen LogP contribution in [-0.2, 0) is 11.0 Å². The van der Waals surface area contributed by atoms with Crippen LogP contribution in [0.15, 0.2) is 18.2 Å². The van der Waals surface area contributed by atoms with E-state index in [0.717, 1.165) is 18.6 Å². The Kier molecular flexibility index (Phi) is 4.07. The minimum absolute atomic E-state index is 0.328. The lowest BCUT2D eigenvalue weighted by Crippen LogP contribution is -2.29. The fraction of sp³-hybridized carbons (Fsp3) is 0.429. The minimum Gasteiger partial charge on any atom is -0.481 e. The number of carbonyl (C=O) groups is 1. The van der Waals surface area contributed by atoms with Crippen LogP contribution in [0.2, 0.25) is 0 Å². The van der Waals surface area contributed by atoms with E-state index >= 15 is 0 Å². The molecule has 1 fully saturated rings. The second-order valence-electron chi connectivity index (χ2n) is 5.00. The van der Waals surface area contributed by atoms with E-state index in [4.69, 9.17) is 10.4 Å². The Morgan fingerprint density at radius 2 is 2.10 bits per heavy atom. The average Bonchev–Trinajstić information content (AvgIpc) is 2.85. The Morgan fingerprint density at radius 1 is 1.38 bits per heavy atom. The first kappa shape index (κ1) is 15.2. The molecule has 2 atom stereocenters. The maximum Gasteiger partial charge on any atom is 0.417 e. The van der Waals surface area contributed by atoms with E-state index in [0.29, 0.717) is 18.5 Å². The highest BCUT2D eigenvalue weighted by molar-refractivity contribution is 5.72. The summed E-state index contributed by atoms with van der Waals surface area (Å²) >= 11 is 0. The summed E-state index contributed by atoms with van der Waals surface area (Å²) in [7, 11) is 0. The van der Waals surface area contributed by atoms with E-state index in [-0.39, 0.29) is 6.04 Å². The van der Waals surface area contributed by atoms with E-state index in [1.165, 1.54) is 12.1 Å². The lowest BCUT2D eigenvalue weighted by molar-refractivity contribution is -0.141. The van der Waals surface area contributed by atoms with Gasteiger partial charge >= 0.3 is 12.1 Å². The molecule has 0 amide bonds. The number of halogens is 3. The van der Waals surface area contributed by atoms with Gasteiger partial charge in [-0.15, -0.1) is 0 Å². The van der Waals surface area contributed by atoms with Crippen molar-refractivity contribution in [3.63, 3.8) is 0 Å². The first-order valence-electron chi connectivity index (χ1n) is 6.43. The number of aliphatic carboxylic acids is 1. The molecule has 1 aromatic rings. The molecule has 0 heterocycles. The van der Waals surface area contributed by atoms with Crippen molar-refractivity contribution < 1.29 is 23.1 Å². The van der Waals surface area contributed by atoms with E-state index < -0.39 is 29.2 Å². The molecule has 1 saturated carbocycles. The Morgan fingerprint density at radius 3 is 2.67 bits per heavy atom. The third-order valence-electron chi connectivity index (χ3n) is 3.63. The lowest BCUT2D eigenvalue weighted by atomic mass is 10.0. The lowest BCUT2D eigenvalue weighted by Gasteiger charge is -2.19. The quantitative estimate of drug-likeness (QED) is 0.898. The normalized spacial score (nSPS) is 21.8. The molecule has 2 N–H and O–H groups in total. The fourth-order valence-corrected chi connectivity index (χ4v) is 2.62. The highest BCUT2D eigenvalue weighted by Gasteiger charge is 2.35. The van der Waals surface area contributed by atoms with Gasteiger partial charge in [0.2, 0.25) is 0 Å². The van der Waals surface area contributed by atoms with Crippen LogP contribution in [0, 0.1) is 17.2 Å². The Balaban J connectivity index is 2.23. The summed E-state index contributed by atoms with van der Waals surface area (Å²) in [5.74, 6) is -1.48. The van der Waals surface area contributed by atoms with Crippen LogP contribution < -0.4 is 5.32 Å². The molecular weight excluding hydrogens is 285 g/mol. The molecule has 2 rings (SSSR count). The summed E-state index contributed by atoms with van der Waals surface area (Å²) in [6.45, 7) is 0. The van der Waals surface area contributed by atoms with Crippen LogP contribution in [0.5, 0.6) is 0 Å². The fourth-order valence-electron chi connectivity index (χ4n) is 2.62. The molecule has 1 aliphatic carbocycles. The van der Waals surface area contributed by atoms with E-state index in [1.54, 1.807) is 0 Å². The molecule has 0 saturated heterocycles. The first-order chi connectivity index (χ1) is 9.82. The third-order valence-corrected chi connectivity index (χ3v) is 3.63. The summed E-state index contributed by atoms with van der Waals surface area (Å²) in [4.78, 5) is 11.1. The molecule has 1 aliphatic rings. The Bertz CT molecular complexity index is 593. The van der Waals surface area contributed by atoms with Crippen LogP contribution in [0.25, 0.3) is 0 Å². The van der Waals surface area contributed by atoms with Crippen molar-refractivity contribution in [1.82, 2.24) is 0 Å². The Labute approximate surface area is 119 Å². The minimum atomic E-state index is -4.58. The molecule has 0 spiro atoms. The molecule has 0 aromatic heterocycles. The Hall–Kier alpha value is -2.23. The molecule has 0 bridgehead atoms. The second kappa shape index (κ2) is 5.64. The third kappa shape index (κ3) is 3.27. The number of nitriles is 1. The molecule has 21 heavy (non-hydrogen) atoms. The number of nitrogens with zero attached hydrogens (tertiary/aromatic N) is 1. The van der Waals surface area contributed by atoms with Gasteiger partial charge in [-0.1, -0.05) is 6.42 Å². The van der Waals surface area contributed by atoms with Crippen molar-refractivity contribution in [2.75, 3.05) is 5.32 Å². The van der Waals surface area contributed by atoms with Gasteiger partial charge in [-0.2, -0.15) is 18.4 Å². The zero-order chi connectivity index (χ0) is 15.6. The maximum atomic E-state index is 12.7. The van der Waals surface area contributed by atoms with Gasteiger partial charge < -0.3 is 10.4 Å². The van der Waals surface area contributed by atoms with Gasteiger partial charge in [0.1, 0.15) is 0 Å². The zero-order valence-electron chi connectivity index (χ0n) is 10.9. The van der Waals surface area contributed by atoms with Gasteiger partial charge in [0.15, 0.2) is 0 Å². The van der Waals surface area contributed by atoms with Gasteiger partial charge in [-0.25, -0.2) is 0 Å². The number of anilines is 1. The number of hydrogen-bond donors (Lipinski definition) is 2. The summed E-state index contributed by atoms with van der Waals surface area (Å²) in [5.41, 5.74) is -1.13. The topological polar surface area (TPSA) is 73.1 Å². The van der Waals surface area contributed by atoms with Crippen LogP contribution in [0.4, 0.5) is 18.9 Å². The largest absolute Gasteiger partial charge is 0.481 e. The van der Waals surface area contributed by atoms with Gasteiger partial charge in [0.05, 0.1) is 23.1 Å². The van der Waals surface area contributed by atoms with Crippen molar-refractivity contribution >= 4 is 11.7 Å². The van der Waals surface area contributed by atoms with Crippen molar-refractivity contribution in [1.29, 1.82) is 5.26 Å². The van der Waals surface area contributed by atoms with Crippen LogP contribution in [0.3, 0.4) is 0 Å². The van der Waals surface area contributed by atoms with Gasteiger partial charge in [-0.3, -0.25) is 4.79 Å². The highest BCUT2D eigenvalue weighted by Crippen LogP contribution is 2.34. The van der Waals surface area contributed by atoms with E-state index in [1.807, 2.05) is 0 Å². The number of rotatable bonds is 3. The maximum absolute atomic E-state index is 12.7. The summed E-state index contributed by atoms with van der Waals surface area (Å²) < 4.78 is 38.1. The predicted octanol–water partition coefficient (Wildman–Crippen LogP) is 3.24. The van der Waals surface area contributed by atoms with Crippen molar-refractivity contribution in [2.24, 2.45) is 5.92 Å². The summed E-state index contributed by atoms with van der Waals surface area (Å²) in [6.07, 6.45) is -2.65. The number of carboxylic acid groups (broad SMARTS) is 1. The smallest absolute Gasteiger partial charge is 0.417 e. The molecular formula is C14H13F3N2O2. The van der Waals surface area contributed by atoms with Crippen molar-refractivity contribution in [2.45, 2.75) is 31.5 Å².